The highest BCUT2D eigenvalue weighted by Gasteiger charge is 2.14. The van der Waals surface area contributed by atoms with Crippen LogP contribution in [-0.2, 0) is 0 Å². The van der Waals surface area contributed by atoms with Crippen molar-refractivity contribution in [3.05, 3.63) is 39.4 Å². The maximum atomic E-state index is 11.9. The van der Waals surface area contributed by atoms with Gasteiger partial charge in [-0.2, -0.15) is 0 Å². The SMILES string of the molecule is Cc1cc(C(=O)NC(C)CCCl)cc([N+](=O)[O-])c1. The molecule has 1 amide bonds. The minimum atomic E-state index is -0.508. The van der Waals surface area contributed by atoms with Gasteiger partial charge < -0.3 is 5.32 Å². The third-order valence-electron chi connectivity index (χ3n) is 2.45. The van der Waals surface area contributed by atoms with E-state index in [1.54, 1.807) is 13.0 Å². The molecule has 0 saturated carbocycles. The predicted molar refractivity (Wildman–Crippen MR) is 70.1 cm³/mol. The Labute approximate surface area is 110 Å². The average Bonchev–Trinajstić information content (AvgIpc) is 2.28. The largest absolute Gasteiger partial charge is 0.350 e. The molecule has 0 bridgehead atoms. The summed E-state index contributed by atoms with van der Waals surface area (Å²) in [6.07, 6.45) is 0.654. The van der Waals surface area contributed by atoms with Gasteiger partial charge in [-0.25, -0.2) is 0 Å². The molecule has 1 aromatic carbocycles. The fraction of sp³-hybridized carbons (Fsp3) is 0.417. The van der Waals surface area contributed by atoms with Crippen molar-refractivity contribution < 1.29 is 9.72 Å². The minimum absolute atomic E-state index is 0.0606. The van der Waals surface area contributed by atoms with Gasteiger partial charge in [0.15, 0.2) is 0 Å². The van der Waals surface area contributed by atoms with E-state index in [1.165, 1.54) is 12.1 Å². The van der Waals surface area contributed by atoms with E-state index in [0.717, 1.165) is 0 Å². The Morgan fingerprint density at radius 3 is 2.72 bits per heavy atom. The fourth-order valence-corrected chi connectivity index (χ4v) is 1.87. The summed E-state index contributed by atoms with van der Waals surface area (Å²) < 4.78 is 0. The molecule has 1 aromatic rings. The van der Waals surface area contributed by atoms with Gasteiger partial charge in [-0.15, -0.1) is 11.6 Å². The van der Waals surface area contributed by atoms with Crippen molar-refractivity contribution in [2.45, 2.75) is 26.3 Å². The topological polar surface area (TPSA) is 72.2 Å². The first-order valence-corrected chi connectivity index (χ1v) is 6.10. The second-order valence-electron chi connectivity index (χ2n) is 4.17. The van der Waals surface area contributed by atoms with E-state index in [1.807, 2.05) is 6.92 Å². The molecule has 5 nitrogen and oxygen atoms in total. The summed E-state index contributed by atoms with van der Waals surface area (Å²) in [5.74, 6) is 0.134. The van der Waals surface area contributed by atoms with E-state index in [9.17, 15) is 14.9 Å². The number of nitrogens with zero attached hydrogens (tertiary/aromatic N) is 1. The number of aryl methyl sites for hydroxylation is 1. The van der Waals surface area contributed by atoms with Gasteiger partial charge in [0.2, 0.25) is 0 Å². The van der Waals surface area contributed by atoms with Gasteiger partial charge in [0.25, 0.3) is 11.6 Å². The van der Waals surface area contributed by atoms with E-state index in [2.05, 4.69) is 5.32 Å². The Hall–Kier alpha value is -1.62. The van der Waals surface area contributed by atoms with Crippen LogP contribution in [0.5, 0.6) is 0 Å². The molecule has 0 heterocycles. The lowest BCUT2D eigenvalue weighted by Gasteiger charge is -2.12. The standard InChI is InChI=1S/C12H15ClN2O3/c1-8-5-10(7-11(6-8)15(17)18)12(16)14-9(2)3-4-13/h5-7,9H,3-4H2,1-2H3,(H,14,16). The maximum absolute atomic E-state index is 11.9. The molecule has 98 valence electrons. The van der Waals surface area contributed by atoms with Crippen LogP contribution in [0.4, 0.5) is 5.69 Å². The number of carbonyl (C=O) groups excluding carboxylic acids is 1. The molecular formula is C12H15ClN2O3. The van der Waals surface area contributed by atoms with Gasteiger partial charge >= 0.3 is 0 Å². The quantitative estimate of drug-likeness (QED) is 0.508. The Morgan fingerprint density at radius 2 is 2.17 bits per heavy atom. The van der Waals surface area contributed by atoms with Crippen molar-refractivity contribution in [1.82, 2.24) is 5.32 Å². The number of nitro groups is 1. The molecule has 0 spiro atoms. The third-order valence-corrected chi connectivity index (χ3v) is 2.67. The van der Waals surface area contributed by atoms with Gasteiger partial charge in [0.05, 0.1) is 4.92 Å². The summed E-state index contributed by atoms with van der Waals surface area (Å²) in [6.45, 7) is 3.55. The number of non-ortho nitro benzene ring substituents is 1. The lowest BCUT2D eigenvalue weighted by molar-refractivity contribution is -0.384. The number of rotatable bonds is 5. The van der Waals surface area contributed by atoms with Crippen LogP contribution in [0.25, 0.3) is 0 Å². The first-order chi connectivity index (χ1) is 8.43. The van der Waals surface area contributed by atoms with Crippen molar-refractivity contribution >= 4 is 23.2 Å². The highest BCUT2D eigenvalue weighted by atomic mass is 35.5. The van der Waals surface area contributed by atoms with Crippen LogP contribution < -0.4 is 5.32 Å². The van der Waals surface area contributed by atoms with Gasteiger partial charge in [-0.3, -0.25) is 14.9 Å². The molecule has 1 atom stereocenters. The first-order valence-electron chi connectivity index (χ1n) is 5.57. The van der Waals surface area contributed by atoms with Crippen LogP contribution in [0.15, 0.2) is 18.2 Å². The number of benzene rings is 1. The van der Waals surface area contributed by atoms with Gasteiger partial charge in [0.1, 0.15) is 0 Å². The molecule has 0 aliphatic heterocycles. The van der Waals surface area contributed by atoms with Crippen molar-refractivity contribution in [2.24, 2.45) is 0 Å². The fourth-order valence-electron chi connectivity index (χ4n) is 1.54. The molecule has 0 fully saturated rings. The zero-order valence-electron chi connectivity index (χ0n) is 10.3. The Bertz CT molecular complexity index is 463. The second kappa shape index (κ2) is 6.35. The lowest BCUT2D eigenvalue weighted by atomic mass is 10.1. The second-order valence-corrected chi connectivity index (χ2v) is 4.54. The van der Waals surface area contributed by atoms with Gasteiger partial charge in [0, 0.05) is 29.6 Å². The number of alkyl halides is 1. The summed E-state index contributed by atoms with van der Waals surface area (Å²) in [6, 6.07) is 4.26. The van der Waals surface area contributed by atoms with Crippen LogP contribution in [-0.4, -0.2) is 22.8 Å². The number of nitrogens with one attached hydrogen (secondary N) is 1. The molecule has 1 N–H and O–H groups in total. The number of nitro benzene ring substituents is 1. The predicted octanol–water partition coefficient (Wildman–Crippen LogP) is 2.65. The number of hydrogen-bond acceptors (Lipinski definition) is 3. The smallest absolute Gasteiger partial charge is 0.270 e. The number of halogens is 1. The summed E-state index contributed by atoms with van der Waals surface area (Å²) in [5.41, 5.74) is 0.896. The molecule has 0 radical (unpaired) electrons. The van der Waals surface area contributed by atoms with Crippen LogP contribution >= 0.6 is 11.6 Å². The summed E-state index contributed by atoms with van der Waals surface area (Å²) in [4.78, 5) is 22.1. The number of carbonyl (C=O) groups is 1. The van der Waals surface area contributed by atoms with Crippen LogP contribution in [0.1, 0.15) is 29.3 Å². The molecule has 0 aliphatic carbocycles. The normalized spacial score (nSPS) is 11.9. The van der Waals surface area contributed by atoms with E-state index in [0.29, 0.717) is 23.4 Å². The Balaban J connectivity index is 2.88. The summed E-state index contributed by atoms with van der Waals surface area (Å²) >= 11 is 5.58. The summed E-state index contributed by atoms with van der Waals surface area (Å²) in [5, 5.41) is 13.5. The molecule has 1 rings (SSSR count). The Kier molecular flexibility index (Phi) is 5.09. The zero-order valence-corrected chi connectivity index (χ0v) is 11.0. The zero-order chi connectivity index (χ0) is 13.7. The molecule has 0 saturated heterocycles. The number of amides is 1. The van der Waals surface area contributed by atoms with E-state index in [4.69, 9.17) is 11.6 Å². The van der Waals surface area contributed by atoms with Crippen molar-refractivity contribution in [3.63, 3.8) is 0 Å². The Morgan fingerprint density at radius 1 is 1.50 bits per heavy atom. The molecule has 18 heavy (non-hydrogen) atoms. The van der Waals surface area contributed by atoms with E-state index < -0.39 is 4.92 Å². The third kappa shape index (κ3) is 4.00. The van der Waals surface area contributed by atoms with Crippen molar-refractivity contribution in [2.75, 3.05) is 5.88 Å². The number of hydrogen-bond donors (Lipinski definition) is 1. The first kappa shape index (κ1) is 14.4. The molecule has 1 unspecified atom stereocenters. The van der Waals surface area contributed by atoms with Crippen LogP contribution in [0, 0.1) is 17.0 Å². The van der Waals surface area contributed by atoms with Gasteiger partial charge in [-0.1, -0.05) is 0 Å². The van der Waals surface area contributed by atoms with Crippen LogP contribution in [0.2, 0.25) is 0 Å². The van der Waals surface area contributed by atoms with Crippen molar-refractivity contribution in [1.29, 1.82) is 0 Å². The van der Waals surface area contributed by atoms with E-state index in [-0.39, 0.29) is 17.6 Å². The molecule has 0 aromatic heterocycles. The monoisotopic (exact) mass is 270 g/mol. The van der Waals surface area contributed by atoms with Crippen molar-refractivity contribution in [3.8, 4) is 0 Å². The molecule has 0 aliphatic rings. The highest BCUT2D eigenvalue weighted by Crippen LogP contribution is 2.16. The van der Waals surface area contributed by atoms with Crippen LogP contribution in [0.3, 0.4) is 0 Å². The molecular weight excluding hydrogens is 256 g/mol. The highest BCUT2D eigenvalue weighted by molar-refractivity contribution is 6.17. The summed E-state index contributed by atoms with van der Waals surface area (Å²) in [7, 11) is 0. The van der Waals surface area contributed by atoms with Gasteiger partial charge in [-0.05, 0) is 31.9 Å². The average molecular weight is 271 g/mol. The maximum Gasteiger partial charge on any atom is 0.270 e. The lowest BCUT2D eigenvalue weighted by Crippen LogP contribution is -2.32. The molecule has 6 heteroatoms. The van der Waals surface area contributed by atoms with E-state index >= 15 is 0 Å². The minimum Gasteiger partial charge on any atom is -0.350 e.